The normalized spacial score (nSPS) is 16.8. The fourth-order valence-corrected chi connectivity index (χ4v) is 4.19. The quantitative estimate of drug-likeness (QED) is 0.798. The van der Waals surface area contributed by atoms with E-state index in [2.05, 4.69) is 5.32 Å². The number of carboxylic acids is 1. The van der Waals surface area contributed by atoms with E-state index < -0.39 is 40.2 Å². The highest BCUT2D eigenvalue weighted by molar-refractivity contribution is 7.89. The summed E-state index contributed by atoms with van der Waals surface area (Å²) in [4.78, 5) is 22.1. The van der Waals surface area contributed by atoms with Gasteiger partial charge in [0.25, 0.3) is 0 Å². The van der Waals surface area contributed by atoms with E-state index in [1.165, 1.54) is 4.31 Å². The molecule has 1 heterocycles. The number of benzene rings is 1. The number of hydrogen-bond acceptors (Lipinski definition) is 4. The molecule has 132 valence electrons. The van der Waals surface area contributed by atoms with Crippen LogP contribution in [0, 0.1) is 11.7 Å². The van der Waals surface area contributed by atoms with Crippen LogP contribution in [0.25, 0.3) is 0 Å². The Morgan fingerprint density at radius 3 is 2.50 bits per heavy atom. The molecule has 2 rings (SSSR count). The zero-order valence-electron chi connectivity index (χ0n) is 12.5. The average Bonchev–Trinajstić information content (AvgIpc) is 2.55. The van der Waals surface area contributed by atoms with Gasteiger partial charge in [-0.05, 0) is 31.0 Å². The molecule has 0 aromatic heterocycles. The van der Waals surface area contributed by atoms with Crippen LogP contribution in [-0.2, 0) is 19.6 Å². The van der Waals surface area contributed by atoms with Gasteiger partial charge in [0.05, 0.1) is 9.92 Å². The van der Waals surface area contributed by atoms with Crippen molar-refractivity contribution < 1.29 is 27.5 Å². The van der Waals surface area contributed by atoms with Gasteiger partial charge < -0.3 is 10.4 Å². The molecule has 0 bridgehead atoms. The molecule has 0 unspecified atom stereocenters. The fourth-order valence-electron chi connectivity index (χ4n) is 2.45. The number of hydrogen-bond donors (Lipinski definition) is 2. The molecule has 1 fully saturated rings. The Bertz CT molecular complexity index is 748. The number of nitrogens with zero attached hydrogens (tertiary/aromatic N) is 1. The van der Waals surface area contributed by atoms with Crippen LogP contribution in [0.5, 0.6) is 0 Å². The maximum Gasteiger partial charge on any atom is 0.322 e. The van der Waals surface area contributed by atoms with E-state index >= 15 is 0 Å². The van der Waals surface area contributed by atoms with E-state index in [0.29, 0.717) is 0 Å². The van der Waals surface area contributed by atoms with Crippen molar-refractivity contribution in [2.24, 2.45) is 5.92 Å². The number of halogens is 2. The van der Waals surface area contributed by atoms with Crippen molar-refractivity contribution >= 4 is 33.5 Å². The number of piperidine rings is 1. The molecule has 7 nitrogen and oxygen atoms in total. The van der Waals surface area contributed by atoms with Crippen molar-refractivity contribution in [3.63, 3.8) is 0 Å². The van der Waals surface area contributed by atoms with E-state index in [-0.39, 0.29) is 35.8 Å². The predicted molar refractivity (Wildman–Crippen MR) is 83.5 cm³/mol. The van der Waals surface area contributed by atoms with Gasteiger partial charge in [0.1, 0.15) is 12.4 Å². The smallest absolute Gasteiger partial charge is 0.322 e. The van der Waals surface area contributed by atoms with Crippen molar-refractivity contribution in [2.45, 2.75) is 17.7 Å². The summed E-state index contributed by atoms with van der Waals surface area (Å²) in [6.07, 6.45) is 0.555. The van der Waals surface area contributed by atoms with Gasteiger partial charge in [0.2, 0.25) is 15.9 Å². The number of carboxylic acid groups (broad SMARTS) is 1. The van der Waals surface area contributed by atoms with Crippen LogP contribution in [-0.4, -0.2) is 49.3 Å². The zero-order chi connectivity index (χ0) is 17.9. The highest BCUT2D eigenvalue weighted by Crippen LogP contribution is 2.26. The van der Waals surface area contributed by atoms with Gasteiger partial charge in [-0.1, -0.05) is 11.6 Å². The molecule has 1 saturated heterocycles. The summed E-state index contributed by atoms with van der Waals surface area (Å²) in [5, 5.41) is 10.5. The van der Waals surface area contributed by atoms with E-state index in [1.807, 2.05) is 0 Å². The third-order valence-electron chi connectivity index (χ3n) is 3.77. The number of amides is 1. The SMILES string of the molecule is O=C(O)CNC(=O)C1CCN(S(=O)(=O)c2ccc(F)c(Cl)c2)CC1. The first-order valence-corrected chi connectivity index (χ1v) is 8.98. The molecule has 2 N–H and O–H groups in total. The summed E-state index contributed by atoms with van der Waals surface area (Å²) in [6, 6.07) is 3.18. The summed E-state index contributed by atoms with van der Waals surface area (Å²) < 4.78 is 39.4. The minimum Gasteiger partial charge on any atom is -0.480 e. The summed E-state index contributed by atoms with van der Waals surface area (Å²) >= 11 is 5.63. The topological polar surface area (TPSA) is 104 Å². The minimum absolute atomic E-state index is 0.109. The van der Waals surface area contributed by atoms with Crippen molar-refractivity contribution in [1.82, 2.24) is 9.62 Å². The monoisotopic (exact) mass is 378 g/mol. The maximum absolute atomic E-state index is 13.2. The number of sulfonamides is 1. The summed E-state index contributed by atoms with van der Waals surface area (Å²) in [5.74, 6) is -2.69. The Labute approximate surface area is 143 Å². The van der Waals surface area contributed by atoms with Crippen LogP contribution >= 0.6 is 11.6 Å². The number of aliphatic carboxylic acids is 1. The second-order valence-corrected chi connectivity index (χ2v) is 7.71. The number of carbonyl (C=O) groups is 2. The Morgan fingerprint density at radius 1 is 1.33 bits per heavy atom. The molecule has 1 aliphatic heterocycles. The largest absolute Gasteiger partial charge is 0.480 e. The standard InChI is InChI=1S/C14H16ClFN2O5S/c15-11-7-10(1-2-12(11)16)24(22,23)18-5-3-9(4-6-18)14(21)17-8-13(19)20/h1-2,7,9H,3-6,8H2,(H,17,21)(H,19,20). The Balaban J connectivity index is 2.01. The third kappa shape index (κ3) is 4.22. The van der Waals surface area contributed by atoms with E-state index in [0.717, 1.165) is 18.2 Å². The third-order valence-corrected chi connectivity index (χ3v) is 5.95. The van der Waals surface area contributed by atoms with Crippen LogP contribution in [0.2, 0.25) is 5.02 Å². The molecule has 0 saturated carbocycles. The lowest BCUT2D eigenvalue weighted by Crippen LogP contribution is -2.43. The lowest BCUT2D eigenvalue weighted by atomic mass is 9.97. The summed E-state index contributed by atoms with van der Waals surface area (Å²) in [6.45, 7) is -0.240. The van der Waals surface area contributed by atoms with Crippen molar-refractivity contribution in [3.05, 3.63) is 29.0 Å². The van der Waals surface area contributed by atoms with Crippen LogP contribution in [0.15, 0.2) is 23.1 Å². The summed E-state index contributed by atoms with van der Waals surface area (Å²) in [5.41, 5.74) is 0. The lowest BCUT2D eigenvalue weighted by Gasteiger charge is -2.30. The molecule has 10 heteroatoms. The number of nitrogens with one attached hydrogen (secondary N) is 1. The first-order chi connectivity index (χ1) is 11.2. The van der Waals surface area contributed by atoms with Gasteiger partial charge in [-0.25, -0.2) is 12.8 Å². The van der Waals surface area contributed by atoms with Crippen molar-refractivity contribution in [3.8, 4) is 0 Å². The average molecular weight is 379 g/mol. The predicted octanol–water partition coefficient (Wildman–Crippen LogP) is 1.08. The highest BCUT2D eigenvalue weighted by atomic mass is 35.5. The van der Waals surface area contributed by atoms with Crippen molar-refractivity contribution in [2.75, 3.05) is 19.6 Å². The number of carbonyl (C=O) groups excluding carboxylic acids is 1. The van der Waals surface area contributed by atoms with Crippen LogP contribution in [0.3, 0.4) is 0 Å². The second-order valence-electron chi connectivity index (χ2n) is 5.37. The van der Waals surface area contributed by atoms with Crippen LogP contribution in [0.4, 0.5) is 4.39 Å². The van der Waals surface area contributed by atoms with Gasteiger partial charge in [-0.2, -0.15) is 4.31 Å². The molecule has 1 aromatic rings. The van der Waals surface area contributed by atoms with Crippen molar-refractivity contribution in [1.29, 1.82) is 0 Å². The van der Waals surface area contributed by atoms with Gasteiger partial charge in [0.15, 0.2) is 0 Å². The van der Waals surface area contributed by atoms with Crippen LogP contribution < -0.4 is 5.32 Å². The van der Waals surface area contributed by atoms with Gasteiger partial charge >= 0.3 is 5.97 Å². The fraction of sp³-hybridized carbons (Fsp3) is 0.429. The molecule has 24 heavy (non-hydrogen) atoms. The van der Waals surface area contributed by atoms with Crippen LogP contribution in [0.1, 0.15) is 12.8 Å². The van der Waals surface area contributed by atoms with Gasteiger partial charge in [-0.3, -0.25) is 9.59 Å². The highest BCUT2D eigenvalue weighted by Gasteiger charge is 2.32. The van der Waals surface area contributed by atoms with Gasteiger partial charge in [-0.15, -0.1) is 0 Å². The zero-order valence-corrected chi connectivity index (χ0v) is 14.1. The number of rotatable bonds is 5. The molecular formula is C14H16ClFN2O5S. The second kappa shape index (κ2) is 7.45. The molecule has 0 aliphatic carbocycles. The van der Waals surface area contributed by atoms with Gasteiger partial charge in [0, 0.05) is 19.0 Å². The first-order valence-electron chi connectivity index (χ1n) is 7.16. The lowest BCUT2D eigenvalue weighted by molar-refractivity contribution is -0.138. The maximum atomic E-state index is 13.2. The molecule has 0 spiro atoms. The minimum atomic E-state index is -3.82. The first kappa shape index (κ1) is 18.6. The Hall–Kier alpha value is -1.71. The Kier molecular flexibility index (Phi) is 5.79. The molecule has 0 atom stereocenters. The molecule has 1 aromatic carbocycles. The van der Waals surface area contributed by atoms with E-state index in [1.54, 1.807) is 0 Å². The molecule has 1 aliphatic rings. The molecular weight excluding hydrogens is 363 g/mol. The molecule has 0 radical (unpaired) electrons. The molecule has 1 amide bonds. The summed E-state index contributed by atoms with van der Waals surface area (Å²) in [7, 11) is -3.82. The van der Waals surface area contributed by atoms with E-state index in [4.69, 9.17) is 16.7 Å². The Morgan fingerprint density at radius 2 is 1.96 bits per heavy atom. The van der Waals surface area contributed by atoms with E-state index in [9.17, 15) is 22.4 Å².